The first-order chi connectivity index (χ1) is 11.8. The highest BCUT2D eigenvalue weighted by molar-refractivity contribution is 5.78. The molecule has 0 saturated carbocycles. The van der Waals surface area contributed by atoms with Gasteiger partial charge >= 0.3 is 0 Å². The Bertz CT molecular complexity index is 606. The molecule has 1 N–H and O–H groups in total. The fourth-order valence-corrected chi connectivity index (χ4v) is 3.14. The summed E-state index contributed by atoms with van der Waals surface area (Å²) < 4.78 is 2.03. The third-order valence-corrected chi connectivity index (χ3v) is 4.54. The molecule has 0 radical (unpaired) electrons. The molecule has 1 fully saturated rings. The lowest BCUT2D eigenvalue weighted by Gasteiger charge is -2.31. The van der Waals surface area contributed by atoms with Gasteiger partial charge in [0.15, 0.2) is 0 Å². The van der Waals surface area contributed by atoms with Gasteiger partial charge in [-0.1, -0.05) is 6.07 Å². The molecule has 1 saturated heterocycles. The van der Waals surface area contributed by atoms with E-state index in [0.717, 1.165) is 52.0 Å². The molecule has 0 bridgehead atoms. The molecule has 2 aromatic rings. The molecule has 0 unspecified atom stereocenters. The Labute approximate surface area is 142 Å². The zero-order valence-corrected chi connectivity index (χ0v) is 14.0. The van der Waals surface area contributed by atoms with Gasteiger partial charge in [-0.25, -0.2) is 4.98 Å². The van der Waals surface area contributed by atoms with Gasteiger partial charge in [0.2, 0.25) is 5.91 Å². The number of imidazole rings is 1. The quantitative estimate of drug-likeness (QED) is 0.786. The second-order valence-electron chi connectivity index (χ2n) is 6.36. The molecule has 0 spiro atoms. The molecule has 2 aromatic heterocycles. The molecule has 1 amide bonds. The monoisotopic (exact) mass is 327 g/mol. The maximum atomic E-state index is 12.3. The highest BCUT2D eigenvalue weighted by atomic mass is 16.1. The van der Waals surface area contributed by atoms with E-state index in [1.807, 2.05) is 23.0 Å². The fraction of sp³-hybridized carbons (Fsp3) is 0.500. The third kappa shape index (κ3) is 4.89. The summed E-state index contributed by atoms with van der Waals surface area (Å²) in [4.78, 5) is 22.8. The van der Waals surface area contributed by atoms with Crippen LogP contribution in [0.1, 0.15) is 24.8 Å². The molecule has 3 rings (SSSR count). The van der Waals surface area contributed by atoms with Gasteiger partial charge in [0.05, 0.1) is 6.33 Å². The topological polar surface area (TPSA) is 63.1 Å². The number of pyridine rings is 1. The summed E-state index contributed by atoms with van der Waals surface area (Å²) in [7, 11) is 0. The Morgan fingerprint density at radius 1 is 1.25 bits per heavy atom. The van der Waals surface area contributed by atoms with Gasteiger partial charge in [0.25, 0.3) is 0 Å². The molecule has 0 aliphatic carbocycles. The summed E-state index contributed by atoms with van der Waals surface area (Å²) in [6.07, 6.45) is 12.0. The lowest BCUT2D eigenvalue weighted by molar-refractivity contribution is -0.126. The molecule has 128 valence electrons. The summed E-state index contributed by atoms with van der Waals surface area (Å²) in [6, 6.07) is 4.07. The van der Waals surface area contributed by atoms with Gasteiger partial charge < -0.3 is 9.88 Å². The SMILES string of the molecule is O=C(NCCCn1ccnc1)C1CCN(Cc2cccnc2)CC1. The minimum atomic E-state index is 0.156. The lowest BCUT2D eigenvalue weighted by Crippen LogP contribution is -2.40. The molecule has 0 atom stereocenters. The van der Waals surface area contributed by atoms with Crippen LogP contribution in [0.15, 0.2) is 43.2 Å². The third-order valence-electron chi connectivity index (χ3n) is 4.54. The number of nitrogens with zero attached hydrogens (tertiary/aromatic N) is 4. The number of carbonyl (C=O) groups excluding carboxylic acids is 1. The van der Waals surface area contributed by atoms with E-state index in [1.54, 1.807) is 18.7 Å². The first kappa shape index (κ1) is 16.6. The number of aryl methyl sites for hydroxylation is 1. The fourth-order valence-electron chi connectivity index (χ4n) is 3.14. The molecular weight excluding hydrogens is 302 g/mol. The molecule has 6 nitrogen and oxygen atoms in total. The summed E-state index contributed by atoms with van der Waals surface area (Å²) in [5.41, 5.74) is 1.24. The van der Waals surface area contributed by atoms with Crippen molar-refractivity contribution >= 4 is 5.91 Å². The predicted octanol–water partition coefficient (Wildman–Crippen LogP) is 1.70. The van der Waals surface area contributed by atoms with E-state index in [2.05, 4.69) is 26.3 Å². The number of amides is 1. The number of hydrogen-bond acceptors (Lipinski definition) is 4. The van der Waals surface area contributed by atoms with E-state index >= 15 is 0 Å². The maximum Gasteiger partial charge on any atom is 0.223 e. The number of piperidine rings is 1. The largest absolute Gasteiger partial charge is 0.356 e. The minimum absolute atomic E-state index is 0.156. The Morgan fingerprint density at radius 2 is 2.12 bits per heavy atom. The zero-order chi connectivity index (χ0) is 16.6. The van der Waals surface area contributed by atoms with Crippen LogP contribution in [0.3, 0.4) is 0 Å². The van der Waals surface area contributed by atoms with Gasteiger partial charge in [-0.2, -0.15) is 0 Å². The molecule has 0 aromatic carbocycles. The van der Waals surface area contributed by atoms with Crippen LogP contribution in [0.2, 0.25) is 0 Å². The Morgan fingerprint density at radius 3 is 2.83 bits per heavy atom. The second-order valence-corrected chi connectivity index (χ2v) is 6.36. The van der Waals surface area contributed by atoms with Crippen LogP contribution in [0, 0.1) is 5.92 Å². The summed E-state index contributed by atoms with van der Waals surface area (Å²) in [5.74, 6) is 0.366. The van der Waals surface area contributed by atoms with Crippen molar-refractivity contribution in [2.75, 3.05) is 19.6 Å². The average Bonchev–Trinajstić information content (AvgIpc) is 3.13. The number of carbonyl (C=O) groups is 1. The molecule has 6 heteroatoms. The Balaban J connectivity index is 1.33. The van der Waals surface area contributed by atoms with Gasteiger partial charge in [-0.3, -0.25) is 14.7 Å². The van der Waals surface area contributed by atoms with Crippen molar-refractivity contribution in [3.8, 4) is 0 Å². The van der Waals surface area contributed by atoms with Crippen LogP contribution in [-0.2, 0) is 17.9 Å². The summed E-state index contributed by atoms with van der Waals surface area (Å²) >= 11 is 0. The van der Waals surface area contributed by atoms with Crippen LogP contribution in [0.25, 0.3) is 0 Å². The van der Waals surface area contributed by atoms with E-state index in [4.69, 9.17) is 0 Å². The highest BCUT2D eigenvalue weighted by Crippen LogP contribution is 2.19. The zero-order valence-electron chi connectivity index (χ0n) is 14.0. The number of aromatic nitrogens is 3. The van der Waals surface area contributed by atoms with Gasteiger partial charge in [-0.05, 0) is 44.0 Å². The normalized spacial score (nSPS) is 16.2. The predicted molar refractivity (Wildman–Crippen MR) is 92.1 cm³/mol. The smallest absolute Gasteiger partial charge is 0.223 e. The van der Waals surface area contributed by atoms with Crippen molar-refractivity contribution in [1.82, 2.24) is 24.8 Å². The molecule has 1 aliphatic heterocycles. The van der Waals surface area contributed by atoms with Crippen molar-refractivity contribution in [3.05, 3.63) is 48.8 Å². The van der Waals surface area contributed by atoms with Gasteiger partial charge in [-0.15, -0.1) is 0 Å². The van der Waals surface area contributed by atoms with E-state index in [-0.39, 0.29) is 11.8 Å². The summed E-state index contributed by atoms with van der Waals surface area (Å²) in [5, 5.41) is 3.08. The molecule has 1 aliphatic rings. The minimum Gasteiger partial charge on any atom is -0.356 e. The van der Waals surface area contributed by atoms with Crippen LogP contribution in [0.5, 0.6) is 0 Å². The number of hydrogen-bond donors (Lipinski definition) is 1. The van der Waals surface area contributed by atoms with E-state index in [9.17, 15) is 4.79 Å². The molecule has 3 heterocycles. The molecular formula is C18H25N5O. The van der Waals surface area contributed by atoms with Crippen molar-refractivity contribution in [3.63, 3.8) is 0 Å². The number of rotatable bonds is 7. The van der Waals surface area contributed by atoms with E-state index in [0.29, 0.717) is 0 Å². The van der Waals surface area contributed by atoms with Crippen LogP contribution in [0.4, 0.5) is 0 Å². The van der Waals surface area contributed by atoms with Crippen LogP contribution < -0.4 is 5.32 Å². The standard InChI is InChI=1S/C18H25N5O/c24-18(21-7-2-9-23-12-8-20-15-23)17-4-10-22(11-5-17)14-16-3-1-6-19-13-16/h1,3,6,8,12-13,15,17H,2,4-5,7,9-11,14H2,(H,21,24). The van der Waals surface area contributed by atoms with Crippen molar-refractivity contribution in [2.45, 2.75) is 32.4 Å². The number of nitrogens with one attached hydrogen (secondary N) is 1. The van der Waals surface area contributed by atoms with Gasteiger partial charge in [0.1, 0.15) is 0 Å². The van der Waals surface area contributed by atoms with Crippen LogP contribution >= 0.6 is 0 Å². The van der Waals surface area contributed by atoms with Gasteiger partial charge in [0, 0.05) is 50.3 Å². The number of likely N-dealkylation sites (tertiary alicyclic amines) is 1. The Kier molecular flexibility index (Phi) is 5.96. The Hall–Kier alpha value is -2.21. The van der Waals surface area contributed by atoms with Crippen molar-refractivity contribution in [2.24, 2.45) is 5.92 Å². The maximum absolute atomic E-state index is 12.3. The van der Waals surface area contributed by atoms with Crippen LogP contribution in [-0.4, -0.2) is 45.0 Å². The van der Waals surface area contributed by atoms with E-state index < -0.39 is 0 Å². The molecule has 24 heavy (non-hydrogen) atoms. The first-order valence-electron chi connectivity index (χ1n) is 8.66. The lowest BCUT2D eigenvalue weighted by atomic mass is 9.95. The van der Waals surface area contributed by atoms with Crippen molar-refractivity contribution in [1.29, 1.82) is 0 Å². The van der Waals surface area contributed by atoms with E-state index in [1.165, 1.54) is 5.56 Å². The highest BCUT2D eigenvalue weighted by Gasteiger charge is 2.24. The average molecular weight is 327 g/mol. The van der Waals surface area contributed by atoms with Crippen molar-refractivity contribution < 1.29 is 4.79 Å². The summed E-state index contributed by atoms with van der Waals surface area (Å²) in [6.45, 7) is 4.49. The first-order valence-corrected chi connectivity index (χ1v) is 8.66. The second kappa shape index (κ2) is 8.59.